The van der Waals surface area contributed by atoms with Crippen molar-refractivity contribution in [3.05, 3.63) is 23.8 Å². The number of aryl methyl sites for hydroxylation is 1. The molecule has 1 unspecified atom stereocenters. The molecule has 0 radical (unpaired) electrons. The van der Waals surface area contributed by atoms with Gasteiger partial charge in [0, 0.05) is 26.7 Å². The Morgan fingerprint density at radius 2 is 2.00 bits per heavy atom. The summed E-state index contributed by atoms with van der Waals surface area (Å²) in [6.45, 7) is 3.61. The van der Waals surface area contributed by atoms with E-state index in [2.05, 4.69) is 4.72 Å². The van der Waals surface area contributed by atoms with Crippen LogP contribution in [0.15, 0.2) is 23.1 Å². The van der Waals surface area contributed by atoms with Crippen molar-refractivity contribution >= 4 is 10.0 Å². The molecule has 0 bridgehead atoms. The standard InChI is InChI=1S/C14H23NO5S/c1-11-9-12(5-6-13(11)20-4)21(17,18)15-10-14(2,16)7-8-19-3/h5-6,9,15-16H,7-8,10H2,1-4H3. The van der Waals surface area contributed by atoms with Crippen LogP contribution in [0.3, 0.4) is 0 Å². The minimum absolute atomic E-state index is 0.0796. The Labute approximate surface area is 126 Å². The molecule has 0 aliphatic carbocycles. The molecule has 1 aromatic carbocycles. The van der Waals surface area contributed by atoms with Crippen molar-refractivity contribution in [2.24, 2.45) is 0 Å². The van der Waals surface area contributed by atoms with Crippen LogP contribution in [-0.4, -0.2) is 46.5 Å². The maximum Gasteiger partial charge on any atom is 0.240 e. The summed E-state index contributed by atoms with van der Waals surface area (Å²) in [7, 11) is -0.615. The van der Waals surface area contributed by atoms with Crippen LogP contribution >= 0.6 is 0 Å². The van der Waals surface area contributed by atoms with Crippen molar-refractivity contribution in [2.45, 2.75) is 30.8 Å². The molecule has 6 nitrogen and oxygen atoms in total. The summed E-state index contributed by atoms with van der Waals surface area (Å²) in [5.41, 5.74) is -0.434. The normalized spacial score (nSPS) is 14.7. The number of hydrogen-bond donors (Lipinski definition) is 2. The number of benzene rings is 1. The van der Waals surface area contributed by atoms with Crippen LogP contribution in [0.4, 0.5) is 0 Å². The SMILES string of the molecule is COCCC(C)(O)CNS(=O)(=O)c1ccc(OC)c(C)c1. The average Bonchev–Trinajstić information content (AvgIpc) is 2.43. The molecule has 1 rings (SSSR count). The summed E-state index contributed by atoms with van der Waals surface area (Å²) in [6.07, 6.45) is 0.341. The Bertz CT molecular complexity index is 569. The van der Waals surface area contributed by atoms with Crippen LogP contribution in [0.2, 0.25) is 0 Å². The van der Waals surface area contributed by atoms with Gasteiger partial charge in [0.15, 0.2) is 0 Å². The Balaban J connectivity index is 2.80. The van der Waals surface area contributed by atoms with E-state index in [1.807, 2.05) is 0 Å². The largest absolute Gasteiger partial charge is 0.496 e. The Morgan fingerprint density at radius 1 is 1.33 bits per heavy atom. The maximum absolute atomic E-state index is 12.2. The molecule has 0 heterocycles. The maximum atomic E-state index is 12.2. The van der Waals surface area contributed by atoms with Gasteiger partial charge >= 0.3 is 0 Å². The summed E-state index contributed by atoms with van der Waals surface area (Å²) < 4.78 is 36.8. The van der Waals surface area contributed by atoms with E-state index in [0.29, 0.717) is 18.8 Å². The summed E-state index contributed by atoms with van der Waals surface area (Å²) in [5, 5.41) is 10.1. The topological polar surface area (TPSA) is 84.9 Å². The van der Waals surface area contributed by atoms with E-state index in [0.717, 1.165) is 5.56 Å². The van der Waals surface area contributed by atoms with Gasteiger partial charge < -0.3 is 14.6 Å². The Hall–Kier alpha value is -1.15. The fraction of sp³-hybridized carbons (Fsp3) is 0.571. The number of ether oxygens (including phenoxy) is 2. The van der Waals surface area contributed by atoms with E-state index in [1.54, 1.807) is 19.9 Å². The second-order valence-corrected chi connectivity index (χ2v) is 6.96. The van der Waals surface area contributed by atoms with E-state index >= 15 is 0 Å². The fourth-order valence-electron chi connectivity index (χ4n) is 1.76. The number of nitrogens with one attached hydrogen (secondary N) is 1. The molecule has 0 saturated carbocycles. The molecule has 0 amide bonds. The lowest BCUT2D eigenvalue weighted by Gasteiger charge is -2.23. The molecule has 120 valence electrons. The van der Waals surface area contributed by atoms with E-state index in [1.165, 1.54) is 26.4 Å². The molecule has 0 spiro atoms. The molecule has 1 aromatic rings. The highest BCUT2D eigenvalue weighted by atomic mass is 32.2. The number of aliphatic hydroxyl groups is 1. The molecule has 0 aromatic heterocycles. The number of hydrogen-bond acceptors (Lipinski definition) is 5. The van der Waals surface area contributed by atoms with Crippen LogP contribution in [0.1, 0.15) is 18.9 Å². The van der Waals surface area contributed by atoms with Gasteiger partial charge in [-0.15, -0.1) is 0 Å². The van der Waals surface area contributed by atoms with Crippen molar-refractivity contribution < 1.29 is 23.0 Å². The summed E-state index contributed by atoms with van der Waals surface area (Å²) >= 11 is 0. The monoisotopic (exact) mass is 317 g/mol. The molecule has 1 atom stereocenters. The first-order valence-electron chi connectivity index (χ1n) is 6.57. The first-order chi connectivity index (χ1) is 9.72. The molecule has 21 heavy (non-hydrogen) atoms. The molecule has 0 aliphatic heterocycles. The van der Waals surface area contributed by atoms with Gasteiger partial charge in [0.1, 0.15) is 5.75 Å². The first-order valence-corrected chi connectivity index (χ1v) is 8.06. The van der Waals surface area contributed by atoms with Gasteiger partial charge in [0.05, 0.1) is 17.6 Å². The molecule has 0 fully saturated rings. The predicted octanol–water partition coefficient (Wildman–Crippen LogP) is 1.07. The van der Waals surface area contributed by atoms with E-state index in [-0.39, 0.29) is 11.4 Å². The van der Waals surface area contributed by atoms with Crippen molar-refractivity contribution in [3.8, 4) is 5.75 Å². The van der Waals surface area contributed by atoms with E-state index < -0.39 is 15.6 Å². The van der Waals surface area contributed by atoms with E-state index in [4.69, 9.17) is 9.47 Å². The third-order valence-electron chi connectivity index (χ3n) is 3.16. The smallest absolute Gasteiger partial charge is 0.240 e. The third kappa shape index (κ3) is 5.28. The molecule has 0 aliphatic rings. The number of rotatable bonds is 8. The predicted molar refractivity (Wildman–Crippen MR) is 80.0 cm³/mol. The minimum atomic E-state index is -3.67. The van der Waals surface area contributed by atoms with Crippen LogP contribution in [0.5, 0.6) is 5.75 Å². The summed E-state index contributed by atoms with van der Waals surface area (Å²) in [6, 6.07) is 4.61. The van der Waals surface area contributed by atoms with Gasteiger partial charge in [-0.2, -0.15) is 0 Å². The molecule has 2 N–H and O–H groups in total. The van der Waals surface area contributed by atoms with Gasteiger partial charge in [0.2, 0.25) is 10.0 Å². The summed E-state index contributed by atoms with van der Waals surface area (Å²) in [5.74, 6) is 0.626. The second-order valence-electron chi connectivity index (χ2n) is 5.20. The highest BCUT2D eigenvalue weighted by molar-refractivity contribution is 7.89. The quantitative estimate of drug-likeness (QED) is 0.749. The molecule has 0 saturated heterocycles. The first kappa shape index (κ1) is 17.9. The van der Waals surface area contributed by atoms with Crippen molar-refractivity contribution in [3.63, 3.8) is 0 Å². The lowest BCUT2D eigenvalue weighted by atomic mass is 10.0. The lowest BCUT2D eigenvalue weighted by molar-refractivity contribution is 0.0292. The van der Waals surface area contributed by atoms with Crippen molar-refractivity contribution in [1.82, 2.24) is 4.72 Å². The molecular formula is C14H23NO5S. The molecular weight excluding hydrogens is 294 g/mol. The summed E-state index contributed by atoms with van der Waals surface area (Å²) in [4.78, 5) is 0.142. The van der Waals surface area contributed by atoms with Crippen molar-refractivity contribution in [2.75, 3.05) is 27.4 Å². The van der Waals surface area contributed by atoms with Gasteiger partial charge in [-0.3, -0.25) is 0 Å². The minimum Gasteiger partial charge on any atom is -0.496 e. The number of methoxy groups -OCH3 is 2. The zero-order valence-electron chi connectivity index (χ0n) is 12.8. The van der Waals surface area contributed by atoms with Gasteiger partial charge in [-0.1, -0.05) is 0 Å². The highest BCUT2D eigenvalue weighted by Gasteiger charge is 2.24. The van der Waals surface area contributed by atoms with Gasteiger partial charge in [-0.05, 0) is 37.6 Å². The zero-order chi connectivity index (χ0) is 16.1. The second kappa shape index (κ2) is 7.22. The van der Waals surface area contributed by atoms with Gasteiger partial charge in [0.25, 0.3) is 0 Å². The lowest BCUT2D eigenvalue weighted by Crippen LogP contribution is -2.41. The third-order valence-corrected chi connectivity index (χ3v) is 4.56. The molecule has 7 heteroatoms. The van der Waals surface area contributed by atoms with Crippen LogP contribution in [-0.2, 0) is 14.8 Å². The van der Waals surface area contributed by atoms with Gasteiger partial charge in [-0.25, -0.2) is 13.1 Å². The van der Waals surface area contributed by atoms with Crippen LogP contribution in [0, 0.1) is 6.92 Å². The Kier molecular flexibility index (Phi) is 6.15. The Morgan fingerprint density at radius 3 is 2.52 bits per heavy atom. The van der Waals surface area contributed by atoms with Crippen LogP contribution < -0.4 is 9.46 Å². The zero-order valence-corrected chi connectivity index (χ0v) is 13.7. The fourth-order valence-corrected chi connectivity index (χ4v) is 3.01. The van der Waals surface area contributed by atoms with E-state index in [9.17, 15) is 13.5 Å². The average molecular weight is 317 g/mol. The van der Waals surface area contributed by atoms with Crippen LogP contribution in [0.25, 0.3) is 0 Å². The van der Waals surface area contributed by atoms with Crippen molar-refractivity contribution in [1.29, 1.82) is 0 Å². The highest BCUT2D eigenvalue weighted by Crippen LogP contribution is 2.21. The number of sulfonamides is 1.